The maximum Gasteiger partial charge on any atom is 0.313 e. The summed E-state index contributed by atoms with van der Waals surface area (Å²) in [5.74, 6) is 0.0289. The molecule has 0 amide bonds. The number of nitrogens with zero attached hydrogens (tertiary/aromatic N) is 3. The highest BCUT2D eigenvalue weighted by Crippen LogP contribution is 2.28. The topological polar surface area (TPSA) is 93.4 Å². The summed E-state index contributed by atoms with van der Waals surface area (Å²) < 4.78 is 23.2. The van der Waals surface area contributed by atoms with Gasteiger partial charge in [-0.3, -0.25) is 10.1 Å². The Morgan fingerprint density at radius 3 is 2.65 bits per heavy atom. The van der Waals surface area contributed by atoms with Gasteiger partial charge in [0, 0.05) is 31.1 Å². The molecule has 1 aromatic heterocycles. The zero-order valence-corrected chi connectivity index (χ0v) is 13.0. The van der Waals surface area contributed by atoms with Crippen LogP contribution < -0.4 is 4.90 Å². The molecule has 9 heteroatoms. The van der Waals surface area contributed by atoms with Crippen molar-refractivity contribution in [3.05, 3.63) is 27.4 Å². The zero-order valence-electron chi connectivity index (χ0n) is 11.4. The summed E-state index contributed by atoms with van der Waals surface area (Å²) in [6.07, 6.45) is 1.29. The van der Waals surface area contributed by atoms with Crippen LogP contribution in [0.5, 0.6) is 0 Å². The molecule has 0 radical (unpaired) electrons. The number of hydrogen-bond donors (Lipinski definition) is 0. The Labute approximate surface area is 122 Å². The second-order valence-corrected chi connectivity index (χ2v) is 7.25. The Hall–Kier alpha value is -1.41. The molecule has 0 bridgehead atoms. The summed E-state index contributed by atoms with van der Waals surface area (Å²) in [6.45, 7) is 3.23. The van der Waals surface area contributed by atoms with Crippen LogP contribution in [0.4, 0.5) is 11.5 Å². The highest BCUT2D eigenvalue weighted by molar-refractivity contribution is 7.91. The molecule has 0 spiro atoms. The first-order valence-corrected chi connectivity index (χ1v) is 8.11. The van der Waals surface area contributed by atoms with Crippen LogP contribution in [0.15, 0.2) is 12.3 Å². The predicted molar refractivity (Wildman–Crippen MR) is 78.1 cm³/mol. The van der Waals surface area contributed by atoms with Gasteiger partial charge in [-0.2, -0.15) is 0 Å². The van der Waals surface area contributed by atoms with E-state index in [0.717, 1.165) is 0 Å². The van der Waals surface area contributed by atoms with Crippen LogP contribution in [-0.2, 0) is 9.84 Å². The molecule has 0 aliphatic rings. The lowest BCUT2D eigenvalue weighted by Gasteiger charge is -2.25. The zero-order chi connectivity index (χ0) is 15.5. The second-order valence-electron chi connectivity index (χ2n) is 4.41. The van der Waals surface area contributed by atoms with E-state index in [1.54, 1.807) is 20.9 Å². The molecule has 1 aromatic rings. The van der Waals surface area contributed by atoms with E-state index in [1.807, 2.05) is 0 Å². The van der Waals surface area contributed by atoms with Gasteiger partial charge in [-0.05, 0) is 6.92 Å². The molecular weight excluding hydrogens is 306 g/mol. The van der Waals surface area contributed by atoms with Crippen LogP contribution in [0.1, 0.15) is 13.8 Å². The van der Waals surface area contributed by atoms with Gasteiger partial charge < -0.3 is 4.90 Å². The van der Waals surface area contributed by atoms with E-state index in [4.69, 9.17) is 11.6 Å². The molecule has 1 rings (SSSR count). The SMILES string of the molecule is CCS(=O)(=O)CC(C)N(C)c1ncc(Cl)cc1[N+](=O)[O-]. The summed E-state index contributed by atoms with van der Waals surface area (Å²) in [7, 11) is -1.61. The van der Waals surface area contributed by atoms with Crippen molar-refractivity contribution in [3.63, 3.8) is 0 Å². The second kappa shape index (κ2) is 6.36. The van der Waals surface area contributed by atoms with Crippen LogP contribution >= 0.6 is 11.6 Å². The van der Waals surface area contributed by atoms with Gasteiger partial charge in [0.1, 0.15) is 0 Å². The number of rotatable bonds is 6. The summed E-state index contributed by atoms with van der Waals surface area (Å²) in [5, 5.41) is 11.2. The normalized spacial score (nSPS) is 13.0. The standard InChI is InChI=1S/C11H16ClN3O4S/c1-4-20(18,19)7-8(2)14(3)11-10(15(16)17)5-9(12)6-13-11/h5-6,8H,4,7H2,1-3H3. The molecule has 7 nitrogen and oxygen atoms in total. The monoisotopic (exact) mass is 321 g/mol. The first-order valence-electron chi connectivity index (χ1n) is 5.91. The van der Waals surface area contributed by atoms with Gasteiger partial charge in [-0.25, -0.2) is 13.4 Å². The van der Waals surface area contributed by atoms with E-state index < -0.39 is 20.8 Å². The minimum atomic E-state index is -3.18. The Bertz CT molecular complexity index is 606. The minimum Gasteiger partial charge on any atom is -0.350 e. The van der Waals surface area contributed by atoms with Gasteiger partial charge in [-0.15, -0.1) is 0 Å². The maximum absolute atomic E-state index is 11.6. The molecule has 0 fully saturated rings. The first-order chi connectivity index (χ1) is 9.18. The maximum atomic E-state index is 11.6. The molecule has 0 aromatic carbocycles. The smallest absolute Gasteiger partial charge is 0.313 e. The molecule has 0 saturated carbocycles. The van der Waals surface area contributed by atoms with Crippen LogP contribution in [0, 0.1) is 10.1 Å². The van der Waals surface area contributed by atoms with Crippen LogP contribution in [0.25, 0.3) is 0 Å². The third kappa shape index (κ3) is 4.04. The average Bonchev–Trinajstić information content (AvgIpc) is 2.37. The Morgan fingerprint density at radius 1 is 1.55 bits per heavy atom. The highest BCUT2D eigenvalue weighted by atomic mass is 35.5. The number of anilines is 1. The van der Waals surface area contributed by atoms with Crippen molar-refractivity contribution in [1.82, 2.24) is 4.98 Å². The molecular formula is C11H16ClN3O4S. The fraction of sp³-hybridized carbons (Fsp3) is 0.545. The molecule has 1 heterocycles. The number of pyridine rings is 1. The van der Waals surface area contributed by atoms with Gasteiger partial charge in [0.05, 0.1) is 15.7 Å². The molecule has 112 valence electrons. The number of sulfone groups is 1. The summed E-state index contributed by atoms with van der Waals surface area (Å²) >= 11 is 5.69. The summed E-state index contributed by atoms with van der Waals surface area (Å²) in [6, 6.07) is 0.758. The van der Waals surface area contributed by atoms with Crippen molar-refractivity contribution < 1.29 is 13.3 Å². The van der Waals surface area contributed by atoms with Crippen molar-refractivity contribution in [2.24, 2.45) is 0 Å². The number of hydrogen-bond acceptors (Lipinski definition) is 6. The third-order valence-electron chi connectivity index (χ3n) is 2.94. The Morgan fingerprint density at radius 2 is 2.15 bits per heavy atom. The molecule has 0 aliphatic heterocycles. The van der Waals surface area contributed by atoms with Crippen molar-refractivity contribution in [1.29, 1.82) is 0 Å². The van der Waals surface area contributed by atoms with Gasteiger partial charge in [-0.1, -0.05) is 18.5 Å². The van der Waals surface area contributed by atoms with Crippen LogP contribution in [0.3, 0.4) is 0 Å². The van der Waals surface area contributed by atoms with E-state index in [2.05, 4.69) is 4.98 Å². The lowest BCUT2D eigenvalue weighted by molar-refractivity contribution is -0.384. The Balaban J connectivity index is 3.09. The predicted octanol–water partition coefficient (Wildman–Crippen LogP) is 1.90. The molecule has 0 saturated heterocycles. The van der Waals surface area contributed by atoms with Crippen molar-refractivity contribution in [2.75, 3.05) is 23.5 Å². The van der Waals surface area contributed by atoms with E-state index in [9.17, 15) is 18.5 Å². The Kier molecular flexibility index (Phi) is 5.29. The lowest BCUT2D eigenvalue weighted by Crippen LogP contribution is -2.36. The number of aromatic nitrogens is 1. The van der Waals surface area contributed by atoms with Crippen molar-refractivity contribution >= 4 is 32.9 Å². The molecule has 1 atom stereocenters. The summed E-state index contributed by atoms with van der Waals surface area (Å²) in [4.78, 5) is 15.8. The van der Waals surface area contributed by atoms with Crippen LogP contribution in [0.2, 0.25) is 5.02 Å². The summed E-state index contributed by atoms with van der Waals surface area (Å²) in [5.41, 5.74) is -0.249. The largest absolute Gasteiger partial charge is 0.350 e. The molecule has 20 heavy (non-hydrogen) atoms. The number of halogens is 1. The van der Waals surface area contributed by atoms with Crippen molar-refractivity contribution in [3.8, 4) is 0 Å². The molecule has 0 N–H and O–H groups in total. The van der Waals surface area contributed by atoms with Gasteiger partial charge in [0.25, 0.3) is 0 Å². The number of nitro groups is 1. The van der Waals surface area contributed by atoms with Gasteiger partial charge in [0.2, 0.25) is 5.82 Å². The lowest BCUT2D eigenvalue weighted by atomic mass is 10.3. The first kappa shape index (κ1) is 16.6. The minimum absolute atomic E-state index is 0.0291. The molecule has 1 unspecified atom stereocenters. The van der Waals surface area contributed by atoms with E-state index in [-0.39, 0.29) is 28.0 Å². The third-order valence-corrected chi connectivity index (χ3v) is 5.02. The van der Waals surface area contributed by atoms with E-state index >= 15 is 0 Å². The van der Waals surface area contributed by atoms with Crippen molar-refractivity contribution in [2.45, 2.75) is 19.9 Å². The fourth-order valence-electron chi connectivity index (χ4n) is 1.63. The van der Waals surface area contributed by atoms with Gasteiger partial charge in [0.15, 0.2) is 9.84 Å². The quantitative estimate of drug-likeness (QED) is 0.587. The van der Waals surface area contributed by atoms with Gasteiger partial charge >= 0.3 is 5.69 Å². The average molecular weight is 322 g/mol. The molecule has 0 aliphatic carbocycles. The van der Waals surface area contributed by atoms with Crippen LogP contribution in [-0.4, -0.2) is 42.9 Å². The van der Waals surface area contributed by atoms with E-state index in [1.165, 1.54) is 17.2 Å². The highest BCUT2D eigenvalue weighted by Gasteiger charge is 2.25. The fourth-order valence-corrected chi connectivity index (χ4v) is 2.98. The van der Waals surface area contributed by atoms with E-state index in [0.29, 0.717) is 0 Å².